The minimum Gasteiger partial charge on any atom is -0.259 e. The number of aryl methyl sites for hydroxylation is 2. The van der Waals surface area contributed by atoms with E-state index in [4.69, 9.17) is 0 Å². The molecular formula is C18H18N2OS2. The van der Waals surface area contributed by atoms with Crippen LogP contribution in [0.1, 0.15) is 22.4 Å². The molecule has 118 valence electrons. The first-order valence-electron chi connectivity index (χ1n) is 7.39. The Bertz CT molecular complexity index is 828. The number of pyridine rings is 1. The highest BCUT2D eigenvalue weighted by Gasteiger charge is 2.09. The Morgan fingerprint density at radius 2 is 1.96 bits per heavy atom. The number of aromatic nitrogens is 2. The quantitative estimate of drug-likeness (QED) is 0.695. The van der Waals surface area contributed by atoms with E-state index in [-0.39, 0.29) is 0 Å². The Labute approximate surface area is 142 Å². The number of hydrogen-bond acceptors (Lipinski definition) is 4. The molecule has 0 saturated heterocycles. The molecule has 2 aromatic heterocycles. The van der Waals surface area contributed by atoms with Gasteiger partial charge in [0.05, 0.1) is 17.1 Å². The number of rotatable bonds is 5. The standard InChI is InChI=1S/C18H18N2OS2/c1-13-6-7-15(9-14(13)2)11-23(21)12-16-10-22-18(20-16)17-5-3-4-8-19-17/h3-10H,11-12H2,1-2H3/t23-/m1/s1. The van der Waals surface area contributed by atoms with E-state index in [1.54, 1.807) is 17.5 Å². The normalized spacial score (nSPS) is 12.3. The van der Waals surface area contributed by atoms with Crippen molar-refractivity contribution >= 4 is 22.1 Å². The Morgan fingerprint density at radius 3 is 2.70 bits per heavy atom. The van der Waals surface area contributed by atoms with Crippen LogP contribution in [0, 0.1) is 13.8 Å². The summed E-state index contributed by atoms with van der Waals surface area (Å²) in [5, 5.41) is 2.85. The molecule has 0 aliphatic rings. The van der Waals surface area contributed by atoms with Gasteiger partial charge >= 0.3 is 0 Å². The average molecular weight is 342 g/mol. The van der Waals surface area contributed by atoms with Crippen molar-refractivity contribution in [2.24, 2.45) is 0 Å². The minimum atomic E-state index is -0.956. The highest BCUT2D eigenvalue weighted by Crippen LogP contribution is 2.22. The smallest absolute Gasteiger partial charge is 0.142 e. The van der Waals surface area contributed by atoms with Crippen molar-refractivity contribution < 1.29 is 4.21 Å². The van der Waals surface area contributed by atoms with Gasteiger partial charge < -0.3 is 0 Å². The highest BCUT2D eigenvalue weighted by molar-refractivity contribution is 7.83. The molecule has 0 bridgehead atoms. The summed E-state index contributed by atoms with van der Waals surface area (Å²) >= 11 is 1.55. The topological polar surface area (TPSA) is 42.9 Å². The molecule has 0 unspecified atom stereocenters. The molecule has 5 heteroatoms. The lowest BCUT2D eigenvalue weighted by molar-refractivity contribution is 0.681. The van der Waals surface area contributed by atoms with Gasteiger partial charge in [0.15, 0.2) is 0 Å². The Morgan fingerprint density at radius 1 is 1.09 bits per heavy atom. The van der Waals surface area contributed by atoms with Gasteiger partial charge in [0.25, 0.3) is 0 Å². The van der Waals surface area contributed by atoms with E-state index < -0.39 is 10.8 Å². The van der Waals surface area contributed by atoms with Crippen LogP contribution in [0.2, 0.25) is 0 Å². The Balaban J connectivity index is 1.66. The third-order valence-electron chi connectivity index (χ3n) is 3.64. The first-order chi connectivity index (χ1) is 11.1. The average Bonchev–Trinajstić information content (AvgIpc) is 3.00. The van der Waals surface area contributed by atoms with E-state index in [0.717, 1.165) is 22.0 Å². The Kier molecular flexibility index (Phi) is 4.98. The van der Waals surface area contributed by atoms with Crippen LogP contribution >= 0.6 is 11.3 Å². The first kappa shape index (κ1) is 16.0. The van der Waals surface area contributed by atoms with Crippen LogP contribution in [0.3, 0.4) is 0 Å². The van der Waals surface area contributed by atoms with Gasteiger partial charge in [0.1, 0.15) is 5.01 Å². The third-order valence-corrected chi connectivity index (χ3v) is 5.83. The monoisotopic (exact) mass is 342 g/mol. The molecule has 0 aliphatic carbocycles. The van der Waals surface area contributed by atoms with Crippen molar-refractivity contribution in [3.05, 3.63) is 70.4 Å². The molecule has 2 heterocycles. The molecule has 23 heavy (non-hydrogen) atoms. The van der Waals surface area contributed by atoms with Crippen molar-refractivity contribution in [3.8, 4) is 10.7 Å². The van der Waals surface area contributed by atoms with Crippen molar-refractivity contribution in [2.75, 3.05) is 0 Å². The fourth-order valence-corrected chi connectivity index (χ4v) is 4.31. The largest absolute Gasteiger partial charge is 0.259 e. The lowest BCUT2D eigenvalue weighted by Gasteiger charge is -2.05. The number of nitrogens with zero attached hydrogens (tertiary/aromatic N) is 2. The number of thiazole rings is 1. The van der Waals surface area contributed by atoms with Gasteiger partial charge in [-0.3, -0.25) is 9.19 Å². The van der Waals surface area contributed by atoms with E-state index in [0.29, 0.717) is 11.5 Å². The minimum absolute atomic E-state index is 0.482. The second kappa shape index (κ2) is 7.15. The molecule has 0 radical (unpaired) electrons. The molecular weight excluding hydrogens is 324 g/mol. The van der Waals surface area contributed by atoms with Gasteiger partial charge in [0, 0.05) is 28.1 Å². The lowest BCUT2D eigenvalue weighted by atomic mass is 10.1. The second-order valence-corrected chi connectivity index (χ2v) is 7.82. The fraction of sp³-hybridized carbons (Fsp3) is 0.222. The summed E-state index contributed by atoms with van der Waals surface area (Å²) < 4.78 is 12.4. The SMILES string of the molecule is Cc1ccc(C[S@@](=O)Cc2csc(-c3ccccn3)n2)cc1C. The van der Waals surface area contributed by atoms with Gasteiger partial charge in [0.2, 0.25) is 0 Å². The van der Waals surface area contributed by atoms with Gasteiger partial charge in [-0.1, -0.05) is 24.3 Å². The summed E-state index contributed by atoms with van der Waals surface area (Å²) in [6.45, 7) is 4.17. The predicted molar refractivity (Wildman–Crippen MR) is 96.8 cm³/mol. The molecule has 0 amide bonds. The maximum Gasteiger partial charge on any atom is 0.142 e. The predicted octanol–water partition coefficient (Wildman–Crippen LogP) is 4.27. The van der Waals surface area contributed by atoms with Crippen molar-refractivity contribution in [1.29, 1.82) is 0 Å². The van der Waals surface area contributed by atoms with Crippen molar-refractivity contribution in [1.82, 2.24) is 9.97 Å². The zero-order valence-electron chi connectivity index (χ0n) is 13.2. The molecule has 0 fully saturated rings. The van der Waals surface area contributed by atoms with Crippen LogP contribution in [0.5, 0.6) is 0 Å². The summed E-state index contributed by atoms with van der Waals surface area (Å²) in [4.78, 5) is 8.86. The zero-order valence-corrected chi connectivity index (χ0v) is 14.8. The summed E-state index contributed by atoms with van der Waals surface area (Å²) in [6.07, 6.45) is 1.76. The van der Waals surface area contributed by atoms with Crippen LogP contribution < -0.4 is 0 Å². The zero-order chi connectivity index (χ0) is 16.2. The molecule has 0 saturated carbocycles. The van der Waals surface area contributed by atoms with Gasteiger partial charge in [-0.15, -0.1) is 11.3 Å². The molecule has 1 aromatic carbocycles. The van der Waals surface area contributed by atoms with Crippen LogP contribution in [-0.4, -0.2) is 14.2 Å². The number of hydrogen-bond donors (Lipinski definition) is 0. The van der Waals surface area contributed by atoms with Gasteiger partial charge in [-0.25, -0.2) is 4.98 Å². The summed E-state index contributed by atoms with van der Waals surface area (Å²) in [7, 11) is -0.956. The second-order valence-electron chi connectivity index (χ2n) is 5.51. The van der Waals surface area contributed by atoms with Gasteiger partial charge in [-0.05, 0) is 42.7 Å². The lowest BCUT2D eigenvalue weighted by Crippen LogP contribution is -2.00. The molecule has 3 rings (SSSR count). The molecule has 1 atom stereocenters. The fourth-order valence-electron chi connectivity index (χ4n) is 2.28. The molecule has 0 aliphatic heterocycles. The van der Waals surface area contributed by atoms with Crippen LogP contribution in [0.15, 0.2) is 48.0 Å². The summed E-state index contributed by atoms with van der Waals surface area (Å²) in [5.41, 5.74) is 5.36. The van der Waals surface area contributed by atoms with E-state index in [1.807, 2.05) is 23.6 Å². The van der Waals surface area contributed by atoms with E-state index in [9.17, 15) is 4.21 Å². The number of benzene rings is 1. The highest BCUT2D eigenvalue weighted by atomic mass is 32.2. The first-order valence-corrected chi connectivity index (χ1v) is 9.75. The van der Waals surface area contributed by atoms with Crippen molar-refractivity contribution in [3.63, 3.8) is 0 Å². The maximum absolute atomic E-state index is 12.4. The van der Waals surface area contributed by atoms with E-state index in [1.165, 1.54) is 11.1 Å². The molecule has 0 N–H and O–H groups in total. The molecule has 3 aromatic rings. The van der Waals surface area contributed by atoms with Crippen LogP contribution in [-0.2, 0) is 22.3 Å². The van der Waals surface area contributed by atoms with E-state index >= 15 is 0 Å². The molecule has 3 nitrogen and oxygen atoms in total. The van der Waals surface area contributed by atoms with Gasteiger partial charge in [-0.2, -0.15) is 0 Å². The summed E-state index contributed by atoms with van der Waals surface area (Å²) in [5.74, 6) is 1.05. The van der Waals surface area contributed by atoms with Crippen LogP contribution in [0.4, 0.5) is 0 Å². The summed E-state index contributed by atoms with van der Waals surface area (Å²) in [6, 6.07) is 12.0. The Hall–Kier alpha value is -1.85. The maximum atomic E-state index is 12.4. The van der Waals surface area contributed by atoms with E-state index in [2.05, 4.69) is 42.0 Å². The molecule has 0 spiro atoms. The van der Waals surface area contributed by atoms with Crippen LogP contribution in [0.25, 0.3) is 10.7 Å². The van der Waals surface area contributed by atoms with Crippen molar-refractivity contribution in [2.45, 2.75) is 25.4 Å². The third kappa shape index (κ3) is 4.12.